The van der Waals surface area contributed by atoms with Gasteiger partial charge in [-0.05, 0) is 48.3 Å². The number of rotatable bonds is 1. The topological polar surface area (TPSA) is 0 Å². The summed E-state index contributed by atoms with van der Waals surface area (Å²) in [6.45, 7) is 0. The van der Waals surface area contributed by atoms with Crippen LogP contribution in [-0.4, -0.2) is 0 Å². The molecule has 0 aromatic heterocycles. The Morgan fingerprint density at radius 3 is 2.27 bits per heavy atom. The summed E-state index contributed by atoms with van der Waals surface area (Å²) in [4.78, 5) is 0. The van der Waals surface area contributed by atoms with Gasteiger partial charge in [0.25, 0.3) is 0 Å². The second-order valence-corrected chi connectivity index (χ2v) is 5.34. The van der Waals surface area contributed by atoms with Crippen LogP contribution in [0.1, 0.15) is 24.3 Å². The van der Waals surface area contributed by atoms with Gasteiger partial charge in [0.15, 0.2) is 0 Å². The van der Waals surface area contributed by atoms with E-state index < -0.39 is 0 Å². The van der Waals surface area contributed by atoms with Crippen molar-refractivity contribution in [3.05, 3.63) is 46.0 Å². The van der Waals surface area contributed by atoms with Crippen molar-refractivity contribution in [1.82, 2.24) is 0 Å². The molecule has 0 spiro atoms. The van der Waals surface area contributed by atoms with E-state index in [1.807, 2.05) is 18.2 Å². The molecule has 3 atom stereocenters. The minimum absolute atomic E-state index is 0.543. The van der Waals surface area contributed by atoms with Gasteiger partial charge in [0, 0.05) is 10.0 Å². The largest absolute Gasteiger partial charge is 0.0851 e. The second-order valence-electron chi connectivity index (χ2n) is 4.52. The molecule has 1 fully saturated rings. The lowest BCUT2D eigenvalue weighted by atomic mass is 9.87. The van der Waals surface area contributed by atoms with Crippen LogP contribution in [0.15, 0.2) is 30.4 Å². The molecular weight excluding hydrogens is 227 g/mol. The Bertz CT molecular complexity index is 402. The summed E-state index contributed by atoms with van der Waals surface area (Å²) in [7, 11) is 0. The summed E-state index contributed by atoms with van der Waals surface area (Å²) in [6.07, 6.45) is 7.17. The Hall–Kier alpha value is -0.460. The predicted octanol–water partition coefficient (Wildman–Crippen LogP) is 4.67. The fraction of sp³-hybridized carbons (Fsp3) is 0.385. The van der Waals surface area contributed by atoms with E-state index in [0.717, 1.165) is 21.5 Å². The minimum atomic E-state index is 0.543. The van der Waals surface area contributed by atoms with Crippen LogP contribution in [0.3, 0.4) is 0 Å². The zero-order chi connectivity index (χ0) is 10.4. The average molecular weight is 239 g/mol. The Kier molecular flexibility index (Phi) is 2.30. The molecule has 3 unspecified atom stereocenters. The molecule has 1 aromatic carbocycles. The molecule has 2 bridgehead atoms. The molecule has 2 aliphatic rings. The van der Waals surface area contributed by atoms with Crippen LogP contribution in [-0.2, 0) is 0 Å². The van der Waals surface area contributed by atoms with Crippen LogP contribution in [0.4, 0.5) is 0 Å². The van der Waals surface area contributed by atoms with Gasteiger partial charge in [-0.3, -0.25) is 0 Å². The lowest BCUT2D eigenvalue weighted by molar-refractivity contribution is 0.586. The van der Waals surface area contributed by atoms with Crippen LogP contribution < -0.4 is 0 Å². The van der Waals surface area contributed by atoms with Crippen molar-refractivity contribution >= 4 is 23.2 Å². The normalized spacial score (nSPS) is 32.5. The van der Waals surface area contributed by atoms with E-state index in [9.17, 15) is 0 Å². The van der Waals surface area contributed by atoms with E-state index in [4.69, 9.17) is 23.2 Å². The molecule has 78 valence electrons. The van der Waals surface area contributed by atoms with Crippen molar-refractivity contribution in [2.75, 3.05) is 0 Å². The number of hydrogen-bond donors (Lipinski definition) is 0. The van der Waals surface area contributed by atoms with Crippen LogP contribution in [0, 0.1) is 11.8 Å². The van der Waals surface area contributed by atoms with Crippen molar-refractivity contribution in [2.45, 2.75) is 18.8 Å². The van der Waals surface area contributed by atoms with Crippen molar-refractivity contribution < 1.29 is 0 Å². The minimum Gasteiger partial charge on any atom is -0.0851 e. The third-order valence-electron chi connectivity index (χ3n) is 3.65. The Labute approximate surface area is 99.9 Å². The van der Waals surface area contributed by atoms with Crippen LogP contribution >= 0.6 is 23.2 Å². The maximum atomic E-state index is 6.24. The molecule has 3 rings (SSSR count). The van der Waals surface area contributed by atoms with Crippen molar-refractivity contribution in [1.29, 1.82) is 0 Å². The zero-order valence-corrected chi connectivity index (χ0v) is 9.80. The summed E-state index contributed by atoms with van der Waals surface area (Å²) in [5, 5.41) is 1.65. The quantitative estimate of drug-likeness (QED) is 0.624. The summed E-state index contributed by atoms with van der Waals surface area (Å²) in [5.41, 5.74) is 1.16. The zero-order valence-electron chi connectivity index (χ0n) is 8.29. The molecule has 0 nitrogen and oxygen atoms in total. The molecule has 0 radical (unpaired) electrons. The van der Waals surface area contributed by atoms with Crippen LogP contribution in [0.25, 0.3) is 0 Å². The number of benzene rings is 1. The highest BCUT2D eigenvalue weighted by molar-refractivity contribution is 6.36. The first-order valence-corrected chi connectivity index (χ1v) is 6.13. The molecule has 2 heteroatoms. The SMILES string of the molecule is Clc1cccc(Cl)c1C1CC2C=CC1C2. The Morgan fingerprint density at radius 2 is 1.73 bits per heavy atom. The maximum Gasteiger partial charge on any atom is 0.0455 e. The van der Waals surface area contributed by atoms with Crippen molar-refractivity contribution in [3.8, 4) is 0 Å². The van der Waals surface area contributed by atoms with Gasteiger partial charge in [-0.15, -0.1) is 0 Å². The van der Waals surface area contributed by atoms with Gasteiger partial charge >= 0.3 is 0 Å². The van der Waals surface area contributed by atoms with E-state index in [1.54, 1.807) is 0 Å². The Morgan fingerprint density at radius 1 is 1.00 bits per heavy atom. The number of allylic oxidation sites excluding steroid dienone is 2. The van der Waals surface area contributed by atoms with E-state index in [-0.39, 0.29) is 0 Å². The third-order valence-corrected chi connectivity index (χ3v) is 4.31. The molecule has 2 aliphatic carbocycles. The first-order chi connectivity index (χ1) is 7.25. The standard InChI is InChI=1S/C13H12Cl2/c14-11-2-1-3-12(15)13(11)10-7-8-4-5-9(10)6-8/h1-5,8-10H,6-7H2. The number of halogens is 2. The molecular formula is C13H12Cl2. The van der Waals surface area contributed by atoms with Gasteiger partial charge in [-0.25, -0.2) is 0 Å². The van der Waals surface area contributed by atoms with E-state index in [2.05, 4.69) is 12.2 Å². The molecule has 0 saturated heterocycles. The lowest BCUT2D eigenvalue weighted by Gasteiger charge is -2.20. The van der Waals surface area contributed by atoms with Gasteiger partial charge in [-0.1, -0.05) is 41.4 Å². The average Bonchev–Trinajstić information content (AvgIpc) is 2.79. The smallest absolute Gasteiger partial charge is 0.0455 e. The molecule has 0 aliphatic heterocycles. The van der Waals surface area contributed by atoms with E-state index in [1.165, 1.54) is 12.8 Å². The summed E-state index contributed by atoms with van der Waals surface area (Å²) < 4.78 is 0. The molecule has 15 heavy (non-hydrogen) atoms. The number of hydrogen-bond acceptors (Lipinski definition) is 0. The summed E-state index contributed by atoms with van der Waals surface area (Å²) >= 11 is 12.5. The van der Waals surface area contributed by atoms with Gasteiger partial charge in [0.2, 0.25) is 0 Å². The van der Waals surface area contributed by atoms with Crippen LogP contribution in [0.2, 0.25) is 10.0 Å². The fourth-order valence-corrected chi connectivity index (χ4v) is 3.66. The predicted molar refractivity (Wildman–Crippen MR) is 64.6 cm³/mol. The van der Waals surface area contributed by atoms with Gasteiger partial charge in [0.05, 0.1) is 0 Å². The van der Waals surface area contributed by atoms with Crippen molar-refractivity contribution in [2.24, 2.45) is 11.8 Å². The first-order valence-electron chi connectivity index (χ1n) is 5.38. The fourth-order valence-electron chi connectivity index (χ4n) is 2.98. The first kappa shape index (κ1) is 9.74. The van der Waals surface area contributed by atoms with Crippen LogP contribution in [0.5, 0.6) is 0 Å². The molecule has 0 heterocycles. The Balaban J connectivity index is 2.03. The second kappa shape index (κ2) is 3.54. The molecule has 0 N–H and O–H groups in total. The molecule has 0 amide bonds. The van der Waals surface area contributed by atoms with Gasteiger partial charge in [0.1, 0.15) is 0 Å². The highest BCUT2D eigenvalue weighted by Gasteiger charge is 2.38. The monoisotopic (exact) mass is 238 g/mol. The molecule has 1 saturated carbocycles. The highest BCUT2D eigenvalue weighted by Crippen LogP contribution is 2.51. The highest BCUT2D eigenvalue weighted by atomic mass is 35.5. The maximum absolute atomic E-state index is 6.24. The van der Waals surface area contributed by atoms with Crippen molar-refractivity contribution in [3.63, 3.8) is 0 Å². The molecule has 1 aromatic rings. The van der Waals surface area contributed by atoms with Gasteiger partial charge in [-0.2, -0.15) is 0 Å². The van der Waals surface area contributed by atoms with Gasteiger partial charge < -0.3 is 0 Å². The summed E-state index contributed by atoms with van der Waals surface area (Å²) in [6, 6.07) is 5.80. The van der Waals surface area contributed by atoms with E-state index >= 15 is 0 Å². The summed E-state index contributed by atoms with van der Waals surface area (Å²) in [5.74, 6) is 1.96. The lowest BCUT2D eigenvalue weighted by Crippen LogP contribution is -2.06. The van der Waals surface area contributed by atoms with E-state index in [0.29, 0.717) is 11.8 Å². The third kappa shape index (κ3) is 1.51. The number of fused-ring (bicyclic) bond motifs is 2.